The van der Waals surface area contributed by atoms with Crippen LogP contribution in [0.1, 0.15) is 34.5 Å². The van der Waals surface area contributed by atoms with Crippen molar-refractivity contribution in [2.24, 2.45) is 0 Å². The van der Waals surface area contributed by atoms with Gasteiger partial charge in [0.1, 0.15) is 17.5 Å². The number of carbonyl (C=O) groups excluding carboxylic acids is 1. The number of rotatable bonds is 5. The van der Waals surface area contributed by atoms with Gasteiger partial charge in [0.25, 0.3) is 11.5 Å². The average molecular weight is 555 g/mol. The SMILES string of the molecule is O=C(c1ccc(-n2ncc3c2CNC3)cc1)N1CCC(O)(Cn2cnc3c(cnn3-c3ccc(F)cc3)c2=O)CC1. The minimum atomic E-state index is -1.17. The summed E-state index contributed by atoms with van der Waals surface area (Å²) in [5.41, 5.74) is 3.24. The van der Waals surface area contributed by atoms with Crippen LogP contribution in [0.4, 0.5) is 4.39 Å². The highest BCUT2D eigenvalue weighted by molar-refractivity contribution is 5.94. The maximum atomic E-state index is 13.3. The summed E-state index contributed by atoms with van der Waals surface area (Å²) in [5, 5.41) is 23.7. The minimum absolute atomic E-state index is 0.0519. The number of amides is 1. The zero-order valence-corrected chi connectivity index (χ0v) is 22.1. The standard InChI is InChI=1S/C29H27FN8O3/c30-21-3-7-23(8-4-21)38-26-24(15-34-38)28(40)36(18-32-26)17-29(41)9-11-35(12-10-29)27(39)19-1-5-22(6-2-19)37-25-16-31-13-20(25)14-33-37/h1-8,14-15,18,31,41H,9-13,16-17H2. The number of aliphatic hydroxyl groups is 1. The molecule has 2 aliphatic rings. The predicted octanol–water partition coefficient (Wildman–Crippen LogP) is 2.18. The van der Waals surface area contributed by atoms with E-state index in [4.69, 9.17) is 0 Å². The Morgan fingerprint density at radius 2 is 1.63 bits per heavy atom. The number of likely N-dealkylation sites (tertiary alicyclic amines) is 1. The molecule has 5 heterocycles. The number of benzene rings is 2. The summed E-state index contributed by atoms with van der Waals surface area (Å²) in [7, 11) is 0. The zero-order chi connectivity index (χ0) is 28.1. The minimum Gasteiger partial charge on any atom is -0.388 e. The van der Waals surface area contributed by atoms with E-state index >= 15 is 0 Å². The summed E-state index contributed by atoms with van der Waals surface area (Å²) >= 11 is 0. The van der Waals surface area contributed by atoms with Gasteiger partial charge < -0.3 is 15.3 Å². The molecule has 2 aliphatic heterocycles. The first-order valence-corrected chi connectivity index (χ1v) is 13.5. The monoisotopic (exact) mass is 554 g/mol. The third-order valence-electron chi connectivity index (χ3n) is 7.99. The molecule has 11 nitrogen and oxygen atoms in total. The van der Waals surface area contributed by atoms with E-state index in [1.165, 1.54) is 39.5 Å². The number of hydrogen-bond donors (Lipinski definition) is 2. The molecule has 0 spiro atoms. The number of fused-ring (bicyclic) bond motifs is 2. The second-order valence-electron chi connectivity index (χ2n) is 10.6. The topological polar surface area (TPSA) is 123 Å². The van der Waals surface area contributed by atoms with Crippen molar-refractivity contribution in [3.8, 4) is 11.4 Å². The number of hydrogen-bond acceptors (Lipinski definition) is 7. The van der Waals surface area contributed by atoms with Crippen molar-refractivity contribution < 1.29 is 14.3 Å². The van der Waals surface area contributed by atoms with Crippen molar-refractivity contribution in [2.75, 3.05) is 13.1 Å². The summed E-state index contributed by atoms with van der Waals surface area (Å²) < 4.78 is 18.1. The van der Waals surface area contributed by atoms with Gasteiger partial charge >= 0.3 is 0 Å². The van der Waals surface area contributed by atoms with Crippen LogP contribution in [0.5, 0.6) is 0 Å². The average Bonchev–Trinajstić information content (AvgIpc) is 3.72. The smallest absolute Gasteiger partial charge is 0.264 e. The van der Waals surface area contributed by atoms with Crippen LogP contribution < -0.4 is 10.9 Å². The number of piperidine rings is 1. The quantitative estimate of drug-likeness (QED) is 0.341. The molecular formula is C29H27FN8O3. The van der Waals surface area contributed by atoms with Gasteiger partial charge in [-0.2, -0.15) is 10.2 Å². The third kappa shape index (κ3) is 4.50. The maximum Gasteiger partial charge on any atom is 0.264 e. The Morgan fingerprint density at radius 3 is 2.39 bits per heavy atom. The molecule has 5 aromatic rings. The molecule has 0 unspecified atom stereocenters. The molecule has 0 bridgehead atoms. The van der Waals surface area contributed by atoms with Crippen molar-refractivity contribution in [1.29, 1.82) is 0 Å². The molecule has 0 aliphatic carbocycles. The van der Waals surface area contributed by atoms with Crippen LogP contribution in [0.2, 0.25) is 0 Å². The van der Waals surface area contributed by atoms with Gasteiger partial charge in [-0.25, -0.2) is 18.7 Å². The fraction of sp³-hybridized carbons (Fsp3) is 0.276. The van der Waals surface area contributed by atoms with Crippen molar-refractivity contribution >= 4 is 16.9 Å². The third-order valence-corrected chi connectivity index (χ3v) is 7.99. The largest absolute Gasteiger partial charge is 0.388 e. The predicted molar refractivity (Wildman–Crippen MR) is 147 cm³/mol. The number of halogens is 1. The highest BCUT2D eigenvalue weighted by atomic mass is 19.1. The molecule has 0 saturated carbocycles. The molecule has 2 N–H and O–H groups in total. The molecule has 0 atom stereocenters. The molecule has 208 valence electrons. The van der Waals surface area contributed by atoms with Gasteiger partial charge in [-0.05, 0) is 61.4 Å². The van der Waals surface area contributed by atoms with Crippen LogP contribution in [-0.4, -0.2) is 63.7 Å². The highest BCUT2D eigenvalue weighted by Gasteiger charge is 2.35. The summed E-state index contributed by atoms with van der Waals surface area (Å²) in [6.45, 7) is 2.36. The second-order valence-corrected chi connectivity index (χ2v) is 10.6. The lowest BCUT2D eigenvalue weighted by Gasteiger charge is -2.38. The number of nitrogens with one attached hydrogen (secondary N) is 1. The Bertz CT molecular complexity index is 1820. The van der Waals surface area contributed by atoms with Crippen molar-refractivity contribution in [3.63, 3.8) is 0 Å². The second kappa shape index (κ2) is 9.75. The fourth-order valence-electron chi connectivity index (χ4n) is 5.64. The molecule has 3 aromatic heterocycles. The van der Waals surface area contributed by atoms with E-state index in [1.807, 2.05) is 35.1 Å². The van der Waals surface area contributed by atoms with E-state index < -0.39 is 5.60 Å². The molecule has 2 aromatic carbocycles. The van der Waals surface area contributed by atoms with Crippen LogP contribution in [0.3, 0.4) is 0 Å². The van der Waals surface area contributed by atoms with Crippen LogP contribution in [0, 0.1) is 5.82 Å². The van der Waals surface area contributed by atoms with E-state index in [2.05, 4.69) is 20.5 Å². The van der Waals surface area contributed by atoms with E-state index in [9.17, 15) is 19.1 Å². The first-order valence-electron chi connectivity index (χ1n) is 13.5. The van der Waals surface area contributed by atoms with Crippen LogP contribution in [-0.2, 0) is 19.6 Å². The number of nitrogens with zero attached hydrogens (tertiary/aromatic N) is 7. The van der Waals surface area contributed by atoms with E-state index in [0.717, 1.165) is 24.5 Å². The van der Waals surface area contributed by atoms with Crippen LogP contribution in [0.15, 0.2) is 72.0 Å². The lowest BCUT2D eigenvalue weighted by atomic mass is 9.91. The molecule has 41 heavy (non-hydrogen) atoms. The van der Waals surface area contributed by atoms with Gasteiger partial charge in [-0.15, -0.1) is 0 Å². The summed E-state index contributed by atoms with van der Waals surface area (Å²) in [5.74, 6) is -0.468. The molecular weight excluding hydrogens is 527 g/mol. The lowest BCUT2D eigenvalue weighted by Crippen LogP contribution is -2.49. The van der Waals surface area contributed by atoms with Gasteiger partial charge in [0.05, 0.1) is 41.6 Å². The van der Waals surface area contributed by atoms with Crippen molar-refractivity contribution in [2.45, 2.75) is 38.1 Å². The fourth-order valence-corrected chi connectivity index (χ4v) is 5.64. The highest BCUT2D eigenvalue weighted by Crippen LogP contribution is 2.26. The van der Waals surface area contributed by atoms with Crippen LogP contribution >= 0.6 is 0 Å². The van der Waals surface area contributed by atoms with Gasteiger partial charge in [0.15, 0.2) is 5.65 Å². The Balaban J connectivity index is 1.02. The zero-order valence-electron chi connectivity index (χ0n) is 22.1. The van der Waals surface area contributed by atoms with Crippen molar-refractivity contribution in [3.05, 3.63) is 100 Å². The van der Waals surface area contributed by atoms with Gasteiger partial charge in [-0.3, -0.25) is 14.2 Å². The maximum absolute atomic E-state index is 13.3. The normalized spacial score (nSPS) is 16.3. The van der Waals surface area contributed by atoms with Gasteiger partial charge in [0.2, 0.25) is 0 Å². The summed E-state index contributed by atoms with van der Waals surface area (Å²) in [6, 6.07) is 13.2. The molecule has 7 rings (SSSR count). The summed E-state index contributed by atoms with van der Waals surface area (Å²) in [4.78, 5) is 32.6. The summed E-state index contributed by atoms with van der Waals surface area (Å²) in [6.07, 6.45) is 5.34. The lowest BCUT2D eigenvalue weighted by molar-refractivity contribution is -0.0299. The molecule has 1 amide bonds. The van der Waals surface area contributed by atoms with E-state index in [0.29, 0.717) is 48.2 Å². The Morgan fingerprint density at radius 1 is 0.951 bits per heavy atom. The number of aromatic nitrogens is 6. The Kier molecular flexibility index (Phi) is 6.02. The Labute approximate surface area is 233 Å². The van der Waals surface area contributed by atoms with E-state index in [1.54, 1.807) is 17.0 Å². The molecule has 1 saturated heterocycles. The number of carbonyl (C=O) groups is 1. The van der Waals surface area contributed by atoms with Crippen LogP contribution in [0.25, 0.3) is 22.4 Å². The Hall–Kier alpha value is -4.68. The molecule has 12 heteroatoms. The van der Waals surface area contributed by atoms with Gasteiger partial charge in [0, 0.05) is 37.3 Å². The van der Waals surface area contributed by atoms with Gasteiger partial charge in [-0.1, -0.05) is 0 Å². The molecule has 1 fully saturated rings. The van der Waals surface area contributed by atoms with E-state index in [-0.39, 0.29) is 23.8 Å². The van der Waals surface area contributed by atoms with Crippen molar-refractivity contribution in [1.82, 2.24) is 39.3 Å². The molecule has 0 radical (unpaired) electrons. The first-order chi connectivity index (χ1) is 19.9. The first kappa shape index (κ1) is 25.3.